The van der Waals surface area contributed by atoms with Crippen LogP contribution in [-0.4, -0.2) is 6.54 Å². The van der Waals surface area contributed by atoms with E-state index in [9.17, 15) is 0 Å². The average molecular weight is 153 g/mol. The van der Waals surface area contributed by atoms with Gasteiger partial charge in [-0.3, -0.25) is 0 Å². The molecule has 0 aromatic carbocycles. The Labute approximate surface area is 69.7 Å². The van der Waals surface area contributed by atoms with E-state index in [0.717, 1.165) is 13.0 Å². The summed E-state index contributed by atoms with van der Waals surface area (Å²) in [7, 11) is 0. The van der Waals surface area contributed by atoms with E-state index in [4.69, 9.17) is 5.73 Å². The van der Waals surface area contributed by atoms with E-state index in [1.807, 2.05) is 0 Å². The van der Waals surface area contributed by atoms with Crippen molar-refractivity contribution in [3.63, 3.8) is 0 Å². The summed E-state index contributed by atoms with van der Waals surface area (Å²) in [5.74, 6) is 0. The van der Waals surface area contributed by atoms with Crippen molar-refractivity contribution in [1.29, 1.82) is 0 Å². The van der Waals surface area contributed by atoms with Crippen molar-refractivity contribution in [3.05, 3.63) is 12.2 Å². The number of hydrogen-bond donors (Lipinski definition) is 1. The standard InChI is InChI=1S/C10H19N/c1-9(2)5-4-6-10(3,7-9)8-11/h4-5H,6-8,11H2,1-3H3. The van der Waals surface area contributed by atoms with Gasteiger partial charge in [-0.1, -0.05) is 32.9 Å². The van der Waals surface area contributed by atoms with Crippen LogP contribution in [0.4, 0.5) is 0 Å². The first-order valence-corrected chi connectivity index (χ1v) is 4.35. The van der Waals surface area contributed by atoms with Gasteiger partial charge in [-0.2, -0.15) is 0 Å². The summed E-state index contributed by atoms with van der Waals surface area (Å²) >= 11 is 0. The topological polar surface area (TPSA) is 26.0 Å². The van der Waals surface area contributed by atoms with Gasteiger partial charge in [0, 0.05) is 0 Å². The molecule has 0 aromatic heterocycles. The molecule has 1 rings (SSSR count). The molecule has 1 atom stereocenters. The normalized spacial score (nSPS) is 35.6. The smallest absolute Gasteiger partial charge is 0.00199 e. The Hall–Kier alpha value is -0.300. The van der Waals surface area contributed by atoms with E-state index in [0.29, 0.717) is 10.8 Å². The van der Waals surface area contributed by atoms with Crippen molar-refractivity contribution >= 4 is 0 Å². The second-order valence-corrected chi connectivity index (χ2v) is 4.79. The lowest BCUT2D eigenvalue weighted by Gasteiger charge is -2.38. The third kappa shape index (κ3) is 2.06. The van der Waals surface area contributed by atoms with Gasteiger partial charge in [0.15, 0.2) is 0 Å². The summed E-state index contributed by atoms with van der Waals surface area (Å²) in [6.45, 7) is 7.63. The summed E-state index contributed by atoms with van der Waals surface area (Å²) in [6.07, 6.45) is 6.95. The largest absolute Gasteiger partial charge is 0.330 e. The molecule has 0 aromatic rings. The van der Waals surface area contributed by atoms with Crippen molar-refractivity contribution in [3.8, 4) is 0 Å². The molecule has 1 unspecified atom stereocenters. The summed E-state index contributed by atoms with van der Waals surface area (Å²) in [6, 6.07) is 0. The van der Waals surface area contributed by atoms with Gasteiger partial charge >= 0.3 is 0 Å². The number of allylic oxidation sites excluding steroid dienone is 2. The van der Waals surface area contributed by atoms with Crippen LogP contribution >= 0.6 is 0 Å². The summed E-state index contributed by atoms with van der Waals surface area (Å²) in [5.41, 5.74) is 6.42. The van der Waals surface area contributed by atoms with Crippen LogP contribution in [0.5, 0.6) is 0 Å². The highest BCUT2D eigenvalue weighted by atomic mass is 14.6. The first-order chi connectivity index (χ1) is 4.97. The molecule has 0 bridgehead atoms. The Morgan fingerprint density at radius 2 is 2.00 bits per heavy atom. The van der Waals surface area contributed by atoms with Crippen LogP contribution in [0.3, 0.4) is 0 Å². The fraction of sp³-hybridized carbons (Fsp3) is 0.800. The molecular formula is C10H19N. The van der Waals surface area contributed by atoms with Crippen molar-refractivity contribution in [2.45, 2.75) is 33.6 Å². The fourth-order valence-electron chi connectivity index (χ4n) is 2.05. The molecule has 64 valence electrons. The zero-order valence-electron chi connectivity index (χ0n) is 7.85. The van der Waals surface area contributed by atoms with Crippen LogP contribution in [-0.2, 0) is 0 Å². The average Bonchev–Trinajstić information content (AvgIpc) is 1.85. The van der Waals surface area contributed by atoms with Crippen LogP contribution in [0.25, 0.3) is 0 Å². The number of hydrogen-bond acceptors (Lipinski definition) is 1. The minimum Gasteiger partial charge on any atom is -0.330 e. The second kappa shape index (κ2) is 2.63. The summed E-state index contributed by atoms with van der Waals surface area (Å²) in [4.78, 5) is 0. The quantitative estimate of drug-likeness (QED) is 0.575. The molecule has 0 aliphatic heterocycles. The van der Waals surface area contributed by atoms with Gasteiger partial charge in [-0.15, -0.1) is 0 Å². The fourth-order valence-corrected chi connectivity index (χ4v) is 2.05. The predicted octanol–water partition coefficient (Wildman–Crippen LogP) is 2.33. The van der Waals surface area contributed by atoms with Gasteiger partial charge in [-0.25, -0.2) is 0 Å². The molecular weight excluding hydrogens is 134 g/mol. The summed E-state index contributed by atoms with van der Waals surface area (Å²) < 4.78 is 0. The maximum Gasteiger partial charge on any atom is -0.00199 e. The van der Waals surface area contributed by atoms with Gasteiger partial charge < -0.3 is 5.73 Å². The van der Waals surface area contributed by atoms with E-state index in [1.54, 1.807) is 0 Å². The Morgan fingerprint density at radius 1 is 1.36 bits per heavy atom. The third-order valence-corrected chi connectivity index (χ3v) is 2.55. The third-order valence-electron chi connectivity index (χ3n) is 2.55. The predicted molar refractivity (Wildman–Crippen MR) is 49.3 cm³/mol. The SMILES string of the molecule is CC1(C)C=CCC(C)(CN)C1. The molecule has 1 heteroatoms. The minimum absolute atomic E-state index is 0.345. The zero-order valence-corrected chi connectivity index (χ0v) is 7.85. The monoisotopic (exact) mass is 153 g/mol. The van der Waals surface area contributed by atoms with Crippen LogP contribution in [0.2, 0.25) is 0 Å². The lowest BCUT2D eigenvalue weighted by Crippen LogP contribution is -2.34. The van der Waals surface area contributed by atoms with Crippen LogP contribution < -0.4 is 5.73 Å². The maximum atomic E-state index is 5.72. The van der Waals surface area contributed by atoms with Crippen molar-refractivity contribution < 1.29 is 0 Å². The molecule has 0 saturated heterocycles. The highest BCUT2D eigenvalue weighted by molar-refractivity contribution is 5.05. The summed E-state index contributed by atoms with van der Waals surface area (Å²) in [5, 5.41) is 0. The number of rotatable bonds is 1. The Morgan fingerprint density at radius 3 is 2.36 bits per heavy atom. The van der Waals surface area contributed by atoms with E-state index in [1.165, 1.54) is 6.42 Å². The molecule has 0 spiro atoms. The van der Waals surface area contributed by atoms with Crippen LogP contribution in [0.1, 0.15) is 33.6 Å². The first-order valence-electron chi connectivity index (χ1n) is 4.35. The van der Waals surface area contributed by atoms with Gasteiger partial charge in [0.25, 0.3) is 0 Å². The zero-order chi connectivity index (χ0) is 8.54. The minimum atomic E-state index is 0.345. The molecule has 0 amide bonds. The molecule has 0 radical (unpaired) electrons. The molecule has 11 heavy (non-hydrogen) atoms. The molecule has 0 heterocycles. The van der Waals surface area contributed by atoms with E-state index in [2.05, 4.69) is 32.9 Å². The number of nitrogens with two attached hydrogens (primary N) is 1. The van der Waals surface area contributed by atoms with Gasteiger partial charge in [0.1, 0.15) is 0 Å². The van der Waals surface area contributed by atoms with Crippen molar-refractivity contribution in [2.75, 3.05) is 6.54 Å². The van der Waals surface area contributed by atoms with Gasteiger partial charge in [-0.05, 0) is 30.2 Å². The second-order valence-electron chi connectivity index (χ2n) is 4.79. The van der Waals surface area contributed by atoms with E-state index in [-0.39, 0.29) is 0 Å². The van der Waals surface area contributed by atoms with E-state index < -0.39 is 0 Å². The Kier molecular flexibility index (Phi) is 2.10. The van der Waals surface area contributed by atoms with Crippen LogP contribution in [0, 0.1) is 10.8 Å². The highest BCUT2D eigenvalue weighted by Crippen LogP contribution is 2.40. The highest BCUT2D eigenvalue weighted by Gasteiger charge is 2.31. The molecule has 1 aliphatic rings. The molecule has 1 aliphatic carbocycles. The molecule has 0 fully saturated rings. The lowest BCUT2D eigenvalue weighted by molar-refractivity contribution is 0.207. The molecule has 2 N–H and O–H groups in total. The van der Waals surface area contributed by atoms with Crippen LogP contribution in [0.15, 0.2) is 12.2 Å². The van der Waals surface area contributed by atoms with Gasteiger partial charge in [0.2, 0.25) is 0 Å². The Balaban J connectivity index is 2.73. The van der Waals surface area contributed by atoms with E-state index >= 15 is 0 Å². The van der Waals surface area contributed by atoms with Crippen molar-refractivity contribution in [2.24, 2.45) is 16.6 Å². The molecule has 0 saturated carbocycles. The van der Waals surface area contributed by atoms with Gasteiger partial charge in [0.05, 0.1) is 0 Å². The maximum absolute atomic E-state index is 5.72. The molecule has 1 nitrogen and oxygen atoms in total. The Bertz CT molecular complexity index is 170. The van der Waals surface area contributed by atoms with Crippen molar-refractivity contribution in [1.82, 2.24) is 0 Å². The lowest BCUT2D eigenvalue weighted by atomic mass is 9.68. The first kappa shape index (κ1) is 8.79.